The number of carbonyl (C=O) groups is 2. The van der Waals surface area contributed by atoms with Crippen LogP contribution in [0.25, 0.3) is 6.08 Å². The molecule has 1 aliphatic carbocycles. The summed E-state index contributed by atoms with van der Waals surface area (Å²) in [4.78, 5) is 26.0. The first-order valence-electron chi connectivity index (χ1n) is 10.3. The number of hydrogen-bond donors (Lipinski definition) is 3. The van der Waals surface area contributed by atoms with Crippen molar-refractivity contribution in [3.8, 4) is 0 Å². The molecule has 0 unspecified atom stereocenters. The van der Waals surface area contributed by atoms with Crippen LogP contribution < -0.4 is 15.4 Å². The maximum Gasteiger partial charge on any atom is 0.244 e. The van der Waals surface area contributed by atoms with E-state index >= 15 is 0 Å². The van der Waals surface area contributed by atoms with E-state index in [-0.39, 0.29) is 29.3 Å². The first kappa shape index (κ1) is 23.6. The van der Waals surface area contributed by atoms with Crippen LogP contribution in [0.1, 0.15) is 24.0 Å². The third-order valence-electron chi connectivity index (χ3n) is 4.65. The Morgan fingerprint density at radius 2 is 1.81 bits per heavy atom. The Kier molecular flexibility index (Phi) is 7.79. The molecule has 0 heterocycles. The predicted octanol–water partition coefficient (Wildman–Crippen LogP) is 1.96. The second kappa shape index (κ2) is 10.5. The monoisotopic (exact) mass is 456 g/mol. The zero-order valence-corrected chi connectivity index (χ0v) is 19.0. The van der Waals surface area contributed by atoms with Gasteiger partial charge in [0.25, 0.3) is 0 Å². The molecule has 8 nitrogen and oxygen atoms in total. The molecule has 3 rings (SSSR count). The third-order valence-corrected chi connectivity index (χ3v) is 6.19. The van der Waals surface area contributed by atoms with Crippen molar-refractivity contribution in [2.24, 2.45) is 0 Å². The lowest BCUT2D eigenvalue weighted by Crippen LogP contribution is -2.27. The summed E-state index contributed by atoms with van der Waals surface area (Å²) in [7, 11) is 0.159. The normalized spacial score (nSPS) is 14.0. The zero-order valence-electron chi connectivity index (χ0n) is 18.2. The second-order valence-corrected chi connectivity index (χ2v) is 9.72. The van der Waals surface area contributed by atoms with Gasteiger partial charge in [-0.3, -0.25) is 9.59 Å². The highest BCUT2D eigenvalue weighted by molar-refractivity contribution is 7.89. The minimum atomic E-state index is -3.48. The van der Waals surface area contributed by atoms with E-state index in [0.717, 1.165) is 24.0 Å². The van der Waals surface area contributed by atoms with Gasteiger partial charge in [0.05, 0.1) is 11.4 Å². The number of amides is 2. The largest absolute Gasteiger partial charge is 0.348 e. The average molecular weight is 457 g/mol. The zero-order chi connectivity index (χ0) is 23.1. The molecule has 1 saturated carbocycles. The minimum absolute atomic E-state index is 0.0540. The van der Waals surface area contributed by atoms with E-state index in [1.807, 2.05) is 32.3 Å². The molecule has 2 aromatic carbocycles. The number of nitrogens with one attached hydrogen (secondary N) is 3. The fraction of sp³-hybridized carbons (Fsp3) is 0.304. The van der Waals surface area contributed by atoms with Gasteiger partial charge in [0, 0.05) is 24.4 Å². The third kappa shape index (κ3) is 7.60. The first-order chi connectivity index (χ1) is 15.2. The van der Waals surface area contributed by atoms with Crippen LogP contribution in [0, 0.1) is 0 Å². The second-order valence-electron chi connectivity index (χ2n) is 8.00. The molecule has 0 aromatic heterocycles. The maximum atomic E-state index is 12.2. The van der Waals surface area contributed by atoms with E-state index in [1.165, 1.54) is 18.2 Å². The van der Waals surface area contributed by atoms with E-state index in [1.54, 1.807) is 29.2 Å². The van der Waals surface area contributed by atoms with Crippen molar-refractivity contribution < 1.29 is 18.0 Å². The fourth-order valence-electron chi connectivity index (χ4n) is 2.91. The highest BCUT2D eigenvalue weighted by Crippen LogP contribution is 2.22. The Morgan fingerprint density at radius 1 is 1.09 bits per heavy atom. The Balaban J connectivity index is 1.50. The lowest BCUT2D eigenvalue weighted by atomic mass is 10.2. The summed E-state index contributed by atoms with van der Waals surface area (Å²) in [6, 6.07) is 13.7. The summed E-state index contributed by atoms with van der Waals surface area (Å²) in [5.41, 5.74) is 2.24. The number of benzene rings is 2. The van der Waals surface area contributed by atoms with Crippen LogP contribution >= 0.6 is 0 Å². The summed E-state index contributed by atoms with van der Waals surface area (Å²) < 4.78 is 27.0. The number of sulfonamides is 1. The van der Waals surface area contributed by atoms with Gasteiger partial charge in [-0.2, -0.15) is 0 Å². The maximum absolute atomic E-state index is 12.2. The quantitative estimate of drug-likeness (QED) is 0.474. The highest BCUT2D eigenvalue weighted by Gasteiger charge is 2.27. The Labute approximate surface area is 188 Å². The number of rotatable bonds is 10. The van der Waals surface area contributed by atoms with Crippen molar-refractivity contribution in [1.29, 1.82) is 0 Å². The number of carbonyl (C=O) groups excluding carboxylic acids is 2. The molecular weight excluding hydrogens is 428 g/mol. The average Bonchev–Trinajstić information content (AvgIpc) is 3.54. The Morgan fingerprint density at radius 3 is 2.47 bits per heavy atom. The van der Waals surface area contributed by atoms with Gasteiger partial charge in [0.1, 0.15) is 0 Å². The van der Waals surface area contributed by atoms with Crippen LogP contribution in [0.4, 0.5) is 5.69 Å². The number of nitrogens with zero attached hydrogens (tertiary/aromatic N) is 1. The van der Waals surface area contributed by atoms with E-state index in [4.69, 9.17) is 0 Å². The smallest absolute Gasteiger partial charge is 0.244 e. The van der Waals surface area contributed by atoms with Crippen molar-refractivity contribution in [2.75, 3.05) is 26.0 Å². The van der Waals surface area contributed by atoms with Gasteiger partial charge in [-0.05, 0) is 68.4 Å². The lowest BCUT2D eigenvalue weighted by molar-refractivity contribution is -0.117. The van der Waals surface area contributed by atoms with Gasteiger partial charge in [0.2, 0.25) is 21.8 Å². The standard InChI is InChI=1S/C23H28N4O4S/c1-27(2)16-23(29)25-20-5-3-4-18(14-20)15-24-22(28)13-8-17-6-11-21(12-7-17)32(30,31)26-19-9-10-19/h3-8,11-14,19,26H,9-10,15-16H2,1-2H3,(H,24,28)(H,25,29)/b13-8+. The van der Waals surface area contributed by atoms with Crippen LogP contribution in [0.3, 0.4) is 0 Å². The van der Waals surface area contributed by atoms with E-state index in [2.05, 4.69) is 15.4 Å². The summed E-state index contributed by atoms with van der Waals surface area (Å²) in [5.74, 6) is -0.389. The summed E-state index contributed by atoms with van der Waals surface area (Å²) in [6.07, 6.45) is 4.78. The molecule has 170 valence electrons. The Hall–Kier alpha value is -3.01. The van der Waals surface area contributed by atoms with Gasteiger partial charge in [0.15, 0.2) is 0 Å². The molecule has 0 atom stereocenters. The number of anilines is 1. The van der Waals surface area contributed by atoms with Gasteiger partial charge in [-0.1, -0.05) is 24.3 Å². The van der Waals surface area contributed by atoms with Crippen molar-refractivity contribution in [3.05, 3.63) is 65.7 Å². The highest BCUT2D eigenvalue weighted by atomic mass is 32.2. The molecule has 2 amide bonds. The molecule has 2 aromatic rings. The lowest BCUT2D eigenvalue weighted by Gasteiger charge is -2.11. The molecule has 3 N–H and O–H groups in total. The van der Waals surface area contributed by atoms with Crippen LogP contribution in [0.2, 0.25) is 0 Å². The molecule has 9 heteroatoms. The number of hydrogen-bond acceptors (Lipinski definition) is 5. The molecule has 1 fully saturated rings. The van der Waals surface area contributed by atoms with Crippen LogP contribution in [-0.4, -0.2) is 51.8 Å². The van der Waals surface area contributed by atoms with Crippen LogP contribution in [0.5, 0.6) is 0 Å². The van der Waals surface area contributed by atoms with Gasteiger partial charge in [-0.25, -0.2) is 13.1 Å². The van der Waals surface area contributed by atoms with Crippen LogP contribution in [-0.2, 0) is 26.2 Å². The first-order valence-corrected chi connectivity index (χ1v) is 11.8. The molecule has 0 bridgehead atoms. The molecule has 0 saturated heterocycles. The summed E-state index contributed by atoms with van der Waals surface area (Å²) in [6.45, 7) is 0.598. The summed E-state index contributed by atoms with van der Waals surface area (Å²) >= 11 is 0. The predicted molar refractivity (Wildman–Crippen MR) is 124 cm³/mol. The Bertz CT molecular complexity index is 1090. The summed E-state index contributed by atoms with van der Waals surface area (Å²) in [5, 5.41) is 5.62. The fourth-order valence-corrected chi connectivity index (χ4v) is 4.22. The van der Waals surface area contributed by atoms with Crippen molar-refractivity contribution >= 4 is 33.6 Å². The minimum Gasteiger partial charge on any atom is -0.348 e. The van der Waals surface area contributed by atoms with Crippen LogP contribution in [0.15, 0.2) is 59.5 Å². The molecular formula is C23H28N4O4S. The van der Waals surface area contributed by atoms with Gasteiger partial charge in [-0.15, -0.1) is 0 Å². The van der Waals surface area contributed by atoms with E-state index < -0.39 is 10.0 Å². The van der Waals surface area contributed by atoms with Gasteiger partial charge >= 0.3 is 0 Å². The molecule has 0 radical (unpaired) electrons. The van der Waals surface area contributed by atoms with E-state index in [9.17, 15) is 18.0 Å². The van der Waals surface area contributed by atoms with Crippen molar-refractivity contribution in [2.45, 2.75) is 30.3 Å². The molecule has 0 aliphatic heterocycles. The van der Waals surface area contributed by atoms with Crippen molar-refractivity contribution in [1.82, 2.24) is 14.9 Å². The number of likely N-dealkylation sites (N-methyl/N-ethyl adjacent to an activating group) is 1. The van der Waals surface area contributed by atoms with Gasteiger partial charge < -0.3 is 15.5 Å². The molecule has 1 aliphatic rings. The SMILES string of the molecule is CN(C)CC(=O)Nc1cccc(CNC(=O)/C=C/c2ccc(S(=O)(=O)NC3CC3)cc2)c1. The molecule has 0 spiro atoms. The topological polar surface area (TPSA) is 108 Å². The van der Waals surface area contributed by atoms with E-state index in [0.29, 0.717) is 12.2 Å². The molecule has 32 heavy (non-hydrogen) atoms. The van der Waals surface area contributed by atoms with Crippen molar-refractivity contribution in [3.63, 3.8) is 0 Å².